The fourth-order valence-electron chi connectivity index (χ4n) is 0.462. The summed E-state index contributed by atoms with van der Waals surface area (Å²) in [5.41, 5.74) is 0. The third-order valence-electron chi connectivity index (χ3n) is 0.713. The normalized spacial score (nSPS) is 10.5. The van der Waals surface area contributed by atoms with Crippen molar-refractivity contribution in [2.75, 3.05) is 0 Å². The minimum Gasteiger partial charge on any atom is -0.377 e. The van der Waals surface area contributed by atoms with Gasteiger partial charge in [0.15, 0.2) is 8.24 Å². The minimum atomic E-state index is -1.66. The molecule has 1 amide bonds. The van der Waals surface area contributed by atoms with E-state index in [0.717, 1.165) is 0 Å². The van der Waals surface area contributed by atoms with Gasteiger partial charge in [0.05, 0.1) is 0 Å². The maximum atomic E-state index is 10.7. The van der Waals surface area contributed by atoms with E-state index in [4.69, 9.17) is 0 Å². The molecule has 11 heavy (non-hydrogen) atoms. The van der Waals surface area contributed by atoms with Gasteiger partial charge in [-0.1, -0.05) is 19.6 Å². The van der Waals surface area contributed by atoms with E-state index in [1.165, 1.54) is 6.92 Å². The molecule has 0 heterocycles. The maximum absolute atomic E-state index is 10.7. The SMILES string of the molecule is CC(=O)OC(=O)N[Si](C)(C)C. The Labute approximate surface area is 67.0 Å². The van der Waals surface area contributed by atoms with Crippen molar-refractivity contribution in [3.05, 3.63) is 0 Å². The second-order valence-corrected chi connectivity index (χ2v) is 8.01. The number of amides is 1. The van der Waals surface area contributed by atoms with Crippen LogP contribution in [0.3, 0.4) is 0 Å². The Morgan fingerprint density at radius 3 is 2.00 bits per heavy atom. The average molecular weight is 175 g/mol. The summed E-state index contributed by atoms with van der Waals surface area (Å²) in [6.07, 6.45) is -0.642. The average Bonchev–Trinajstić information content (AvgIpc) is 1.53. The van der Waals surface area contributed by atoms with Crippen LogP contribution in [0.25, 0.3) is 0 Å². The molecule has 0 fully saturated rings. The largest absolute Gasteiger partial charge is 0.406 e. The number of rotatable bonds is 1. The second kappa shape index (κ2) is 3.52. The molecule has 0 aliphatic heterocycles. The minimum absolute atomic E-state index is 0.583. The second-order valence-electron chi connectivity index (χ2n) is 3.26. The molecule has 0 aromatic rings. The Balaban J connectivity index is 3.80. The molecule has 1 N–H and O–H groups in total. The fraction of sp³-hybridized carbons (Fsp3) is 0.667. The van der Waals surface area contributed by atoms with Crippen molar-refractivity contribution in [1.82, 2.24) is 4.98 Å². The molecular weight excluding hydrogens is 162 g/mol. The highest BCUT2D eigenvalue weighted by Gasteiger charge is 2.18. The summed E-state index contributed by atoms with van der Waals surface area (Å²) < 4.78 is 4.27. The van der Waals surface area contributed by atoms with E-state index in [9.17, 15) is 9.59 Å². The number of esters is 1. The summed E-state index contributed by atoms with van der Waals surface area (Å²) in [6.45, 7) is 7.01. The van der Waals surface area contributed by atoms with E-state index < -0.39 is 20.3 Å². The molecular formula is C6H13NO3Si. The van der Waals surface area contributed by atoms with Crippen molar-refractivity contribution < 1.29 is 14.3 Å². The lowest BCUT2D eigenvalue weighted by molar-refractivity contribution is -0.134. The van der Waals surface area contributed by atoms with Crippen LogP contribution in [0.4, 0.5) is 4.79 Å². The smallest absolute Gasteiger partial charge is 0.377 e. The van der Waals surface area contributed by atoms with E-state index in [0.29, 0.717) is 0 Å². The number of ether oxygens (including phenoxy) is 1. The van der Waals surface area contributed by atoms with Gasteiger partial charge < -0.3 is 9.72 Å². The number of carbonyl (C=O) groups excluding carboxylic acids is 2. The number of nitrogens with one attached hydrogen (secondary N) is 1. The highest BCUT2D eigenvalue weighted by Crippen LogP contribution is 1.94. The van der Waals surface area contributed by atoms with Gasteiger partial charge in [0.2, 0.25) is 0 Å². The van der Waals surface area contributed by atoms with Crippen LogP contribution in [-0.2, 0) is 9.53 Å². The van der Waals surface area contributed by atoms with Gasteiger partial charge in [-0.15, -0.1) is 0 Å². The molecule has 0 saturated carbocycles. The summed E-state index contributed by atoms with van der Waals surface area (Å²) in [6, 6.07) is 0. The van der Waals surface area contributed by atoms with E-state index in [1.807, 2.05) is 19.6 Å². The Hall–Kier alpha value is -0.843. The number of carbonyl (C=O) groups is 2. The highest BCUT2D eigenvalue weighted by molar-refractivity contribution is 6.75. The molecule has 0 atom stereocenters. The molecule has 4 nitrogen and oxygen atoms in total. The van der Waals surface area contributed by atoms with Crippen LogP contribution in [-0.4, -0.2) is 20.3 Å². The predicted octanol–water partition coefficient (Wildman–Crippen LogP) is 1.09. The van der Waals surface area contributed by atoms with Gasteiger partial charge in [-0.05, 0) is 0 Å². The van der Waals surface area contributed by atoms with Crippen molar-refractivity contribution in [3.63, 3.8) is 0 Å². The molecule has 5 heteroatoms. The van der Waals surface area contributed by atoms with Gasteiger partial charge in [0, 0.05) is 6.92 Å². The van der Waals surface area contributed by atoms with Gasteiger partial charge in [0.1, 0.15) is 0 Å². The van der Waals surface area contributed by atoms with E-state index in [-0.39, 0.29) is 0 Å². The molecule has 0 bridgehead atoms. The quantitative estimate of drug-likeness (QED) is 0.369. The third-order valence-corrected chi connectivity index (χ3v) is 1.67. The van der Waals surface area contributed by atoms with E-state index >= 15 is 0 Å². The highest BCUT2D eigenvalue weighted by atomic mass is 28.3. The predicted molar refractivity (Wildman–Crippen MR) is 43.6 cm³/mol. The van der Waals surface area contributed by atoms with Crippen molar-refractivity contribution in [2.24, 2.45) is 0 Å². The topological polar surface area (TPSA) is 55.4 Å². The fourth-order valence-corrected chi connectivity index (χ4v) is 1.13. The van der Waals surface area contributed by atoms with Gasteiger partial charge >= 0.3 is 12.1 Å². The zero-order chi connectivity index (χ0) is 9.07. The Morgan fingerprint density at radius 2 is 1.73 bits per heavy atom. The first-order chi connectivity index (χ1) is 4.81. The Kier molecular flexibility index (Phi) is 3.25. The van der Waals surface area contributed by atoms with E-state index in [1.54, 1.807) is 0 Å². The van der Waals surface area contributed by atoms with Crippen molar-refractivity contribution in [2.45, 2.75) is 26.6 Å². The standard InChI is InChI=1S/C6H13NO3Si/c1-5(8)10-6(9)7-11(2,3)4/h1-4H3,(H,7,9). The molecule has 0 aliphatic rings. The molecule has 0 spiro atoms. The van der Waals surface area contributed by atoms with Crippen LogP contribution in [0, 0.1) is 0 Å². The summed E-state index contributed by atoms with van der Waals surface area (Å²) >= 11 is 0. The molecule has 0 unspecified atom stereocenters. The summed E-state index contributed by atoms with van der Waals surface area (Å²) in [7, 11) is -1.66. The number of hydrogen-bond donors (Lipinski definition) is 1. The summed E-state index contributed by atoms with van der Waals surface area (Å²) in [5.74, 6) is -0.583. The lowest BCUT2D eigenvalue weighted by atomic mass is 10.8. The first-order valence-electron chi connectivity index (χ1n) is 3.32. The van der Waals surface area contributed by atoms with Gasteiger partial charge in [-0.3, -0.25) is 4.79 Å². The lowest BCUT2D eigenvalue weighted by Crippen LogP contribution is -2.45. The zero-order valence-corrected chi connectivity index (χ0v) is 8.22. The van der Waals surface area contributed by atoms with Crippen LogP contribution >= 0.6 is 0 Å². The molecule has 0 aromatic heterocycles. The van der Waals surface area contributed by atoms with Crippen molar-refractivity contribution in [3.8, 4) is 0 Å². The first kappa shape index (κ1) is 10.2. The van der Waals surface area contributed by atoms with Crippen LogP contribution in [0.15, 0.2) is 0 Å². The van der Waals surface area contributed by atoms with Crippen molar-refractivity contribution in [1.29, 1.82) is 0 Å². The lowest BCUT2D eigenvalue weighted by Gasteiger charge is -2.16. The van der Waals surface area contributed by atoms with Crippen molar-refractivity contribution >= 4 is 20.3 Å². The Morgan fingerprint density at radius 1 is 1.27 bits per heavy atom. The van der Waals surface area contributed by atoms with Crippen LogP contribution < -0.4 is 4.98 Å². The molecule has 0 saturated heterocycles. The van der Waals surface area contributed by atoms with Crippen LogP contribution in [0.2, 0.25) is 19.6 Å². The van der Waals surface area contributed by atoms with Crippen LogP contribution in [0.5, 0.6) is 0 Å². The summed E-state index contributed by atoms with van der Waals surface area (Å²) in [4.78, 5) is 23.6. The monoisotopic (exact) mass is 175 g/mol. The Bertz CT molecular complexity index is 173. The molecule has 64 valence electrons. The zero-order valence-electron chi connectivity index (χ0n) is 7.22. The van der Waals surface area contributed by atoms with Gasteiger partial charge in [0.25, 0.3) is 0 Å². The number of hydrogen-bond acceptors (Lipinski definition) is 3. The van der Waals surface area contributed by atoms with Gasteiger partial charge in [-0.25, -0.2) is 4.79 Å². The first-order valence-corrected chi connectivity index (χ1v) is 6.82. The molecule has 0 radical (unpaired) electrons. The summed E-state index contributed by atoms with van der Waals surface area (Å²) in [5, 5.41) is 0. The van der Waals surface area contributed by atoms with Gasteiger partial charge in [-0.2, -0.15) is 0 Å². The molecule has 0 aliphatic carbocycles. The molecule has 0 aromatic carbocycles. The van der Waals surface area contributed by atoms with E-state index in [2.05, 4.69) is 9.72 Å². The molecule has 0 rings (SSSR count). The van der Waals surface area contributed by atoms with Crippen LogP contribution in [0.1, 0.15) is 6.92 Å². The third kappa shape index (κ3) is 7.05. The maximum Gasteiger partial charge on any atom is 0.406 e.